The predicted octanol–water partition coefficient (Wildman–Crippen LogP) is -0.122. The first-order chi connectivity index (χ1) is 6.99. The normalized spacial score (nSPS) is 12.9. The Kier molecular flexibility index (Phi) is 5.41. The zero-order valence-electron chi connectivity index (χ0n) is 10.7. The fraction of sp³-hybridized carbons (Fsp3) is 0.900. The zero-order chi connectivity index (χ0) is 13.0. The van der Waals surface area contributed by atoms with Crippen LogP contribution >= 0.6 is 0 Å². The Labute approximate surface area is 98.1 Å². The van der Waals surface area contributed by atoms with Crippen LogP contribution < -0.4 is 5.32 Å². The van der Waals surface area contributed by atoms with Crippen LogP contribution in [0, 0.1) is 0 Å². The maximum Gasteiger partial charge on any atom is 0.234 e. The van der Waals surface area contributed by atoms with E-state index in [0.29, 0.717) is 6.54 Å². The largest absolute Gasteiger partial charge is 0.350 e. The lowest BCUT2D eigenvalue weighted by molar-refractivity contribution is -0.123. The van der Waals surface area contributed by atoms with Gasteiger partial charge < -0.3 is 5.32 Å². The van der Waals surface area contributed by atoms with Crippen molar-refractivity contribution in [2.75, 3.05) is 32.1 Å². The number of rotatable bonds is 5. The molecule has 0 saturated carbocycles. The van der Waals surface area contributed by atoms with Crippen molar-refractivity contribution < 1.29 is 13.2 Å². The van der Waals surface area contributed by atoms with Crippen molar-refractivity contribution in [2.24, 2.45) is 0 Å². The van der Waals surface area contributed by atoms with Gasteiger partial charge in [-0.15, -0.1) is 0 Å². The van der Waals surface area contributed by atoms with Crippen molar-refractivity contribution in [3.05, 3.63) is 0 Å². The summed E-state index contributed by atoms with van der Waals surface area (Å²) in [4.78, 5) is 13.2. The number of amides is 1. The molecule has 0 spiro atoms. The minimum absolute atomic E-state index is 0.0757. The molecule has 1 N–H and O–H groups in total. The Morgan fingerprint density at radius 2 is 1.81 bits per heavy atom. The van der Waals surface area contributed by atoms with Crippen LogP contribution in [0.5, 0.6) is 0 Å². The van der Waals surface area contributed by atoms with Gasteiger partial charge in [-0.3, -0.25) is 9.69 Å². The van der Waals surface area contributed by atoms with E-state index >= 15 is 0 Å². The number of carbonyl (C=O) groups is 1. The van der Waals surface area contributed by atoms with Gasteiger partial charge in [-0.25, -0.2) is 8.42 Å². The van der Waals surface area contributed by atoms with E-state index in [0.717, 1.165) is 0 Å². The number of nitrogens with one attached hydrogen (secondary N) is 1. The summed E-state index contributed by atoms with van der Waals surface area (Å²) in [5.41, 5.74) is -0.255. The third-order valence-corrected chi connectivity index (χ3v) is 2.70. The minimum Gasteiger partial charge on any atom is -0.350 e. The molecule has 5 nitrogen and oxygen atoms in total. The van der Waals surface area contributed by atoms with Crippen LogP contribution in [0.1, 0.15) is 20.8 Å². The summed E-state index contributed by atoms with van der Waals surface area (Å²) >= 11 is 0. The van der Waals surface area contributed by atoms with Gasteiger partial charge in [0.05, 0.1) is 12.3 Å². The van der Waals surface area contributed by atoms with Crippen molar-refractivity contribution in [3.63, 3.8) is 0 Å². The molecule has 0 fully saturated rings. The second kappa shape index (κ2) is 5.63. The number of carbonyl (C=O) groups excluding carboxylic acids is 1. The third kappa shape index (κ3) is 9.92. The second-order valence-corrected chi connectivity index (χ2v) is 7.43. The number of hydrogen-bond donors (Lipinski definition) is 1. The maximum absolute atomic E-state index is 11.5. The molecule has 0 unspecified atom stereocenters. The molecule has 16 heavy (non-hydrogen) atoms. The van der Waals surface area contributed by atoms with E-state index in [-0.39, 0.29) is 23.7 Å². The molecular weight excluding hydrogens is 228 g/mol. The predicted molar refractivity (Wildman–Crippen MR) is 65.1 cm³/mol. The minimum atomic E-state index is -2.96. The molecule has 6 heteroatoms. The van der Waals surface area contributed by atoms with Crippen molar-refractivity contribution in [1.82, 2.24) is 10.2 Å². The van der Waals surface area contributed by atoms with Crippen LogP contribution in [0.3, 0.4) is 0 Å². The Morgan fingerprint density at radius 3 is 2.19 bits per heavy atom. The van der Waals surface area contributed by atoms with E-state index in [1.165, 1.54) is 6.26 Å². The molecule has 0 aliphatic carbocycles. The van der Waals surface area contributed by atoms with Gasteiger partial charge in [-0.2, -0.15) is 0 Å². The van der Waals surface area contributed by atoms with E-state index in [4.69, 9.17) is 0 Å². The first-order valence-electron chi connectivity index (χ1n) is 5.17. The summed E-state index contributed by atoms with van der Waals surface area (Å²) in [5, 5.41) is 2.82. The summed E-state index contributed by atoms with van der Waals surface area (Å²) in [6.07, 6.45) is 1.19. The molecule has 1 amide bonds. The van der Waals surface area contributed by atoms with E-state index in [2.05, 4.69) is 5.32 Å². The molecule has 0 aliphatic heterocycles. The Hall–Kier alpha value is -0.620. The van der Waals surface area contributed by atoms with E-state index in [1.54, 1.807) is 11.9 Å². The van der Waals surface area contributed by atoms with E-state index < -0.39 is 9.84 Å². The fourth-order valence-electron chi connectivity index (χ4n) is 1.10. The number of hydrogen-bond acceptors (Lipinski definition) is 4. The van der Waals surface area contributed by atoms with Crippen molar-refractivity contribution in [1.29, 1.82) is 0 Å². The smallest absolute Gasteiger partial charge is 0.234 e. The van der Waals surface area contributed by atoms with Crippen LogP contribution in [-0.4, -0.2) is 56.9 Å². The van der Waals surface area contributed by atoms with Gasteiger partial charge >= 0.3 is 0 Å². The number of sulfone groups is 1. The third-order valence-electron chi connectivity index (χ3n) is 1.77. The molecule has 0 bridgehead atoms. The number of nitrogens with zero attached hydrogens (tertiary/aromatic N) is 1. The highest BCUT2D eigenvalue weighted by molar-refractivity contribution is 7.90. The summed E-state index contributed by atoms with van der Waals surface area (Å²) in [7, 11) is -1.23. The van der Waals surface area contributed by atoms with E-state index in [9.17, 15) is 13.2 Å². The molecule has 0 aromatic rings. The van der Waals surface area contributed by atoms with E-state index in [1.807, 2.05) is 20.8 Å². The topological polar surface area (TPSA) is 66.5 Å². The molecular formula is C10H22N2O3S. The SMILES string of the molecule is CN(CCS(C)(=O)=O)CC(=O)NC(C)(C)C. The molecule has 0 aliphatic rings. The summed E-state index contributed by atoms with van der Waals surface area (Å²) in [6, 6.07) is 0. The number of likely N-dealkylation sites (N-methyl/N-ethyl adjacent to an activating group) is 1. The van der Waals surface area contributed by atoms with Gasteiger partial charge in [0.15, 0.2) is 0 Å². The fourth-order valence-corrected chi connectivity index (χ4v) is 1.75. The van der Waals surface area contributed by atoms with Gasteiger partial charge in [0.1, 0.15) is 9.84 Å². The van der Waals surface area contributed by atoms with Crippen LogP contribution in [0.2, 0.25) is 0 Å². The molecule has 0 rings (SSSR count). The summed E-state index contributed by atoms with van der Waals surface area (Å²) < 4.78 is 21.8. The lowest BCUT2D eigenvalue weighted by atomic mass is 10.1. The van der Waals surface area contributed by atoms with Crippen LogP contribution in [0.15, 0.2) is 0 Å². The van der Waals surface area contributed by atoms with Crippen LogP contribution in [0.4, 0.5) is 0 Å². The van der Waals surface area contributed by atoms with Gasteiger partial charge in [-0.05, 0) is 27.8 Å². The maximum atomic E-state index is 11.5. The Bertz CT molecular complexity index is 330. The monoisotopic (exact) mass is 250 g/mol. The van der Waals surface area contributed by atoms with Gasteiger partial charge in [0.25, 0.3) is 0 Å². The van der Waals surface area contributed by atoms with Gasteiger partial charge in [0, 0.05) is 18.3 Å². The summed E-state index contributed by atoms with van der Waals surface area (Å²) in [6.45, 7) is 6.30. The first-order valence-corrected chi connectivity index (χ1v) is 7.23. The lowest BCUT2D eigenvalue weighted by Crippen LogP contribution is -2.45. The molecule has 0 heterocycles. The molecule has 96 valence electrons. The standard InChI is InChI=1S/C10H22N2O3S/c1-10(2,3)11-9(13)8-12(4)6-7-16(5,14)15/h6-8H2,1-5H3,(H,11,13). The molecule has 0 aromatic carbocycles. The molecule has 0 aromatic heterocycles. The van der Waals surface area contributed by atoms with Gasteiger partial charge in [0.2, 0.25) is 5.91 Å². The Balaban J connectivity index is 3.97. The average Bonchev–Trinajstić information content (AvgIpc) is 1.95. The van der Waals surface area contributed by atoms with Crippen LogP contribution in [0.25, 0.3) is 0 Å². The van der Waals surface area contributed by atoms with Crippen LogP contribution in [-0.2, 0) is 14.6 Å². The highest BCUT2D eigenvalue weighted by Crippen LogP contribution is 1.98. The molecule has 0 saturated heterocycles. The van der Waals surface area contributed by atoms with Gasteiger partial charge in [-0.1, -0.05) is 0 Å². The Morgan fingerprint density at radius 1 is 1.31 bits per heavy atom. The first kappa shape index (κ1) is 15.4. The summed E-state index contributed by atoms with van der Waals surface area (Å²) in [5.74, 6) is -0.0183. The lowest BCUT2D eigenvalue weighted by Gasteiger charge is -2.23. The molecule has 0 radical (unpaired) electrons. The highest BCUT2D eigenvalue weighted by Gasteiger charge is 2.15. The highest BCUT2D eigenvalue weighted by atomic mass is 32.2. The van der Waals surface area contributed by atoms with Crippen molar-refractivity contribution in [2.45, 2.75) is 26.3 Å². The molecule has 0 atom stereocenters. The second-order valence-electron chi connectivity index (χ2n) is 5.17. The average molecular weight is 250 g/mol. The van der Waals surface area contributed by atoms with Crippen molar-refractivity contribution in [3.8, 4) is 0 Å². The zero-order valence-corrected chi connectivity index (χ0v) is 11.5. The quantitative estimate of drug-likeness (QED) is 0.738. The van der Waals surface area contributed by atoms with Crippen molar-refractivity contribution >= 4 is 15.7 Å².